The third kappa shape index (κ3) is 6.03. The highest BCUT2D eigenvalue weighted by molar-refractivity contribution is 5.44. The Hall–Kier alpha value is -3.92. The number of benzene rings is 4. The molecule has 4 aromatic carbocycles. The maximum Gasteiger partial charge on any atom is 0.129 e. The molecule has 0 atom stereocenters. The first-order valence-corrected chi connectivity index (χ1v) is 10.2. The van der Waals surface area contributed by atoms with Crippen molar-refractivity contribution in [3.63, 3.8) is 0 Å². The van der Waals surface area contributed by atoms with Crippen LogP contribution < -0.4 is 9.47 Å². The zero-order valence-electron chi connectivity index (χ0n) is 17.7. The van der Waals surface area contributed by atoms with Crippen molar-refractivity contribution in [3.8, 4) is 23.0 Å². The second kappa shape index (κ2) is 9.72. The van der Waals surface area contributed by atoms with E-state index in [1.54, 1.807) is 0 Å². The number of hydrogen-bond acceptors (Lipinski definition) is 4. The van der Waals surface area contributed by atoms with Crippen LogP contribution in [0.15, 0.2) is 107 Å². The third-order valence-corrected chi connectivity index (χ3v) is 4.67. The minimum absolute atomic E-state index is 0.466. The highest BCUT2D eigenvalue weighted by Crippen LogP contribution is 2.26. The van der Waals surface area contributed by atoms with E-state index in [0.29, 0.717) is 6.54 Å². The second-order valence-corrected chi connectivity index (χ2v) is 7.37. The van der Waals surface area contributed by atoms with Gasteiger partial charge in [0.05, 0.1) is 12.2 Å². The SMILES string of the molecule is Cc1ccc(Oc2cccc(CN=Nc3cccc(Oc4ccc(C)cc4)c3)c2)cc1. The lowest BCUT2D eigenvalue weighted by Gasteiger charge is -2.07. The molecule has 154 valence electrons. The van der Waals surface area contributed by atoms with E-state index in [0.717, 1.165) is 34.2 Å². The standard InChI is InChI=1S/C27H24N2O2/c1-20-9-13-24(14-10-20)30-26-7-3-5-22(17-26)19-28-29-23-6-4-8-27(18-23)31-25-15-11-21(2)12-16-25/h3-18H,19H2,1-2H3. The van der Waals surface area contributed by atoms with Crippen molar-refractivity contribution < 1.29 is 9.47 Å². The van der Waals surface area contributed by atoms with Crippen molar-refractivity contribution in [2.75, 3.05) is 0 Å². The monoisotopic (exact) mass is 408 g/mol. The summed E-state index contributed by atoms with van der Waals surface area (Å²) in [6.45, 7) is 4.57. The van der Waals surface area contributed by atoms with E-state index in [1.807, 2.05) is 97.1 Å². The van der Waals surface area contributed by atoms with Crippen LogP contribution in [0.25, 0.3) is 0 Å². The van der Waals surface area contributed by atoms with Crippen LogP contribution >= 0.6 is 0 Å². The molecule has 31 heavy (non-hydrogen) atoms. The van der Waals surface area contributed by atoms with Crippen LogP contribution in [0.3, 0.4) is 0 Å². The third-order valence-electron chi connectivity index (χ3n) is 4.67. The maximum atomic E-state index is 5.93. The second-order valence-electron chi connectivity index (χ2n) is 7.37. The molecular formula is C27H24N2O2. The Balaban J connectivity index is 1.38. The van der Waals surface area contributed by atoms with Gasteiger partial charge in [-0.15, -0.1) is 0 Å². The van der Waals surface area contributed by atoms with E-state index < -0.39 is 0 Å². The highest BCUT2D eigenvalue weighted by atomic mass is 16.5. The molecule has 0 saturated carbocycles. The van der Waals surface area contributed by atoms with Crippen molar-refractivity contribution in [2.45, 2.75) is 20.4 Å². The van der Waals surface area contributed by atoms with E-state index in [4.69, 9.17) is 9.47 Å². The summed E-state index contributed by atoms with van der Waals surface area (Å²) in [5.41, 5.74) is 4.18. The summed E-state index contributed by atoms with van der Waals surface area (Å²) >= 11 is 0. The quantitative estimate of drug-likeness (QED) is 0.289. The van der Waals surface area contributed by atoms with Crippen molar-refractivity contribution in [1.29, 1.82) is 0 Å². The Bertz CT molecular complexity index is 1170. The number of nitrogens with zero attached hydrogens (tertiary/aromatic N) is 2. The number of azo groups is 1. The van der Waals surface area contributed by atoms with Crippen molar-refractivity contribution in [2.24, 2.45) is 10.2 Å². The van der Waals surface area contributed by atoms with Gasteiger partial charge in [-0.05, 0) is 67.9 Å². The summed E-state index contributed by atoms with van der Waals surface area (Å²) in [7, 11) is 0. The number of hydrogen-bond donors (Lipinski definition) is 0. The lowest BCUT2D eigenvalue weighted by Crippen LogP contribution is -1.87. The van der Waals surface area contributed by atoms with Gasteiger partial charge in [0.25, 0.3) is 0 Å². The minimum Gasteiger partial charge on any atom is -0.457 e. The summed E-state index contributed by atoms with van der Waals surface area (Å²) in [6.07, 6.45) is 0. The fourth-order valence-corrected chi connectivity index (χ4v) is 3.00. The maximum absolute atomic E-state index is 5.93. The van der Waals surface area contributed by atoms with Gasteiger partial charge in [0.15, 0.2) is 0 Å². The molecule has 0 unspecified atom stereocenters. The van der Waals surface area contributed by atoms with Gasteiger partial charge in [-0.3, -0.25) is 0 Å². The zero-order chi connectivity index (χ0) is 21.5. The number of aryl methyl sites for hydroxylation is 2. The summed E-state index contributed by atoms with van der Waals surface area (Å²) in [5, 5.41) is 8.69. The average molecular weight is 409 g/mol. The van der Waals surface area contributed by atoms with E-state index in [-0.39, 0.29) is 0 Å². The summed E-state index contributed by atoms with van der Waals surface area (Å²) in [6, 6.07) is 31.4. The van der Waals surface area contributed by atoms with Crippen LogP contribution in [0.4, 0.5) is 5.69 Å². The van der Waals surface area contributed by atoms with Crippen LogP contribution in [0.5, 0.6) is 23.0 Å². The van der Waals surface area contributed by atoms with Gasteiger partial charge in [-0.2, -0.15) is 10.2 Å². The molecule has 0 amide bonds. The molecule has 0 aliphatic heterocycles. The first-order chi connectivity index (χ1) is 15.1. The average Bonchev–Trinajstić information content (AvgIpc) is 2.78. The Kier molecular flexibility index (Phi) is 6.38. The molecule has 4 aromatic rings. The fraction of sp³-hybridized carbons (Fsp3) is 0.111. The van der Waals surface area contributed by atoms with Gasteiger partial charge in [-0.25, -0.2) is 0 Å². The smallest absolute Gasteiger partial charge is 0.129 e. The van der Waals surface area contributed by atoms with Gasteiger partial charge in [-0.1, -0.05) is 53.6 Å². The predicted molar refractivity (Wildman–Crippen MR) is 124 cm³/mol. The van der Waals surface area contributed by atoms with Crippen LogP contribution in [-0.4, -0.2) is 0 Å². The highest BCUT2D eigenvalue weighted by Gasteiger charge is 2.01. The molecule has 0 fully saturated rings. The molecular weight excluding hydrogens is 384 g/mol. The molecule has 0 aromatic heterocycles. The normalized spacial score (nSPS) is 10.9. The van der Waals surface area contributed by atoms with Crippen LogP contribution in [0.1, 0.15) is 16.7 Å². The van der Waals surface area contributed by atoms with Crippen LogP contribution in [0.2, 0.25) is 0 Å². The number of ether oxygens (including phenoxy) is 2. The molecule has 4 rings (SSSR count). The van der Waals surface area contributed by atoms with E-state index in [2.05, 4.69) is 24.1 Å². The van der Waals surface area contributed by atoms with Gasteiger partial charge in [0.2, 0.25) is 0 Å². The predicted octanol–water partition coefficient (Wildman–Crippen LogP) is 8.17. The summed E-state index contributed by atoms with van der Waals surface area (Å²) in [5.74, 6) is 3.12. The van der Waals surface area contributed by atoms with Crippen LogP contribution in [-0.2, 0) is 6.54 Å². The fourth-order valence-electron chi connectivity index (χ4n) is 3.00. The lowest BCUT2D eigenvalue weighted by molar-refractivity contribution is 0.482. The summed E-state index contributed by atoms with van der Waals surface area (Å²) < 4.78 is 11.8. The Labute approximate surface area is 182 Å². The van der Waals surface area contributed by atoms with Gasteiger partial charge >= 0.3 is 0 Å². The molecule has 0 aliphatic rings. The minimum atomic E-state index is 0.466. The zero-order valence-corrected chi connectivity index (χ0v) is 17.7. The molecule has 0 bridgehead atoms. The van der Waals surface area contributed by atoms with Crippen molar-refractivity contribution >= 4 is 5.69 Å². The number of rotatable bonds is 7. The Morgan fingerprint density at radius 3 is 1.74 bits per heavy atom. The van der Waals surface area contributed by atoms with Gasteiger partial charge in [0, 0.05) is 6.07 Å². The van der Waals surface area contributed by atoms with Crippen LogP contribution in [0, 0.1) is 13.8 Å². The Morgan fingerprint density at radius 2 is 1.13 bits per heavy atom. The van der Waals surface area contributed by atoms with E-state index in [1.165, 1.54) is 11.1 Å². The largest absolute Gasteiger partial charge is 0.457 e. The topological polar surface area (TPSA) is 43.2 Å². The molecule has 0 N–H and O–H groups in total. The van der Waals surface area contributed by atoms with Gasteiger partial charge in [0.1, 0.15) is 23.0 Å². The Morgan fingerprint density at radius 1 is 0.581 bits per heavy atom. The van der Waals surface area contributed by atoms with E-state index >= 15 is 0 Å². The molecule has 0 radical (unpaired) electrons. The molecule has 0 heterocycles. The molecule has 4 heteroatoms. The molecule has 0 aliphatic carbocycles. The first-order valence-electron chi connectivity index (χ1n) is 10.2. The van der Waals surface area contributed by atoms with Gasteiger partial charge < -0.3 is 9.47 Å². The molecule has 0 saturated heterocycles. The van der Waals surface area contributed by atoms with Crippen molar-refractivity contribution in [3.05, 3.63) is 114 Å². The summed E-state index contributed by atoms with van der Waals surface area (Å²) in [4.78, 5) is 0. The van der Waals surface area contributed by atoms with E-state index in [9.17, 15) is 0 Å². The van der Waals surface area contributed by atoms with Crippen molar-refractivity contribution in [1.82, 2.24) is 0 Å². The first kappa shape index (κ1) is 20.4. The lowest BCUT2D eigenvalue weighted by atomic mass is 10.2. The molecule has 4 nitrogen and oxygen atoms in total. The molecule has 0 spiro atoms.